The molecular formula is C16H11N3S. The fourth-order valence-electron chi connectivity index (χ4n) is 2.26. The number of thiophene rings is 1. The lowest BCUT2D eigenvalue weighted by atomic mass is 10.1. The van der Waals surface area contributed by atoms with Crippen LogP contribution in [0.5, 0.6) is 0 Å². The molecule has 0 saturated heterocycles. The lowest BCUT2D eigenvalue weighted by molar-refractivity contribution is 1.22. The summed E-state index contributed by atoms with van der Waals surface area (Å²) in [5.74, 6) is 0. The number of benzene rings is 1. The van der Waals surface area contributed by atoms with E-state index in [1.807, 2.05) is 24.7 Å². The molecule has 3 nitrogen and oxygen atoms in total. The highest BCUT2D eigenvalue weighted by Gasteiger charge is 2.06. The summed E-state index contributed by atoms with van der Waals surface area (Å²) in [6.45, 7) is 0. The summed E-state index contributed by atoms with van der Waals surface area (Å²) in [6.07, 6.45) is 5.57. The molecule has 0 amide bonds. The summed E-state index contributed by atoms with van der Waals surface area (Å²) in [5.41, 5.74) is 4.05. The van der Waals surface area contributed by atoms with Crippen LogP contribution >= 0.6 is 11.3 Å². The molecule has 0 aliphatic carbocycles. The van der Waals surface area contributed by atoms with Crippen molar-refractivity contribution >= 4 is 22.2 Å². The Kier molecular flexibility index (Phi) is 2.60. The second-order valence-corrected chi connectivity index (χ2v) is 5.49. The maximum Gasteiger partial charge on any atom is 0.0992 e. The van der Waals surface area contributed by atoms with Crippen molar-refractivity contribution < 1.29 is 0 Å². The first-order chi connectivity index (χ1) is 9.90. The van der Waals surface area contributed by atoms with Gasteiger partial charge in [0.2, 0.25) is 0 Å². The summed E-state index contributed by atoms with van der Waals surface area (Å²) in [5, 5.41) is 3.24. The van der Waals surface area contributed by atoms with Crippen molar-refractivity contribution in [1.29, 1.82) is 0 Å². The van der Waals surface area contributed by atoms with Gasteiger partial charge < -0.3 is 4.98 Å². The zero-order valence-corrected chi connectivity index (χ0v) is 11.4. The van der Waals surface area contributed by atoms with Gasteiger partial charge in [0.25, 0.3) is 0 Å². The zero-order chi connectivity index (χ0) is 13.4. The highest BCUT2D eigenvalue weighted by molar-refractivity contribution is 7.13. The number of aromatic amines is 1. The number of rotatable bonds is 2. The molecule has 20 heavy (non-hydrogen) atoms. The molecule has 1 aromatic carbocycles. The Morgan fingerprint density at radius 2 is 1.95 bits per heavy atom. The highest BCUT2D eigenvalue weighted by atomic mass is 32.1. The van der Waals surface area contributed by atoms with E-state index in [0.717, 1.165) is 27.3 Å². The minimum absolute atomic E-state index is 0.902. The van der Waals surface area contributed by atoms with Crippen LogP contribution in [0.4, 0.5) is 0 Å². The Hall–Kier alpha value is -2.46. The van der Waals surface area contributed by atoms with E-state index in [4.69, 9.17) is 4.98 Å². The van der Waals surface area contributed by atoms with E-state index in [0.29, 0.717) is 0 Å². The Morgan fingerprint density at radius 1 is 1.00 bits per heavy atom. The van der Waals surface area contributed by atoms with Crippen LogP contribution < -0.4 is 0 Å². The van der Waals surface area contributed by atoms with Crippen molar-refractivity contribution in [3.05, 3.63) is 60.4 Å². The third kappa shape index (κ3) is 1.90. The largest absolute Gasteiger partial charge is 0.361 e. The smallest absolute Gasteiger partial charge is 0.0992 e. The van der Waals surface area contributed by atoms with Crippen molar-refractivity contribution in [2.24, 2.45) is 0 Å². The zero-order valence-electron chi connectivity index (χ0n) is 10.6. The van der Waals surface area contributed by atoms with E-state index in [2.05, 4.69) is 45.7 Å². The number of nitrogens with one attached hydrogen (secondary N) is 1. The fraction of sp³-hybridized carbons (Fsp3) is 0. The summed E-state index contributed by atoms with van der Waals surface area (Å²) < 4.78 is 0. The van der Waals surface area contributed by atoms with Crippen molar-refractivity contribution in [1.82, 2.24) is 15.0 Å². The molecular weight excluding hydrogens is 266 g/mol. The van der Waals surface area contributed by atoms with Gasteiger partial charge in [-0.3, -0.25) is 4.98 Å². The first-order valence-electron chi connectivity index (χ1n) is 6.33. The van der Waals surface area contributed by atoms with Gasteiger partial charge in [0.15, 0.2) is 0 Å². The number of hydrogen-bond donors (Lipinski definition) is 1. The minimum atomic E-state index is 0.902. The van der Waals surface area contributed by atoms with E-state index in [-0.39, 0.29) is 0 Å². The summed E-state index contributed by atoms with van der Waals surface area (Å²) >= 11 is 1.68. The molecule has 0 unspecified atom stereocenters. The van der Waals surface area contributed by atoms with Crippen LogP contribution in [0.15, 0.2) is 60.4 Å². The van der Waals surface area contributed by atoms with Gasteiger partial charge in [0.1, 0.15) is 0 Å². The third-order valence-corrected chi connectivity index (χ3v) is 4.15. The molecule has 4 rings (SSSR count). The maximum atomic E-state index is 4.71. The number of H-pyrrole nitrogens is 1. The molecule has 3 aromatic heterocycles. The molecule has 0 aliphatic heterocycles. The second kappa shape index (κ2) is 4.58. The fourth-order valence-corrected chi connectivity index (χ4v) is 2.94. The molecule has 4 heteroatoms. The standard InChI is InChI=1S/C16H11N3S/c1-2-16(20-7-1)15-10-17-9-14(19-15)11-3-4-13-12(8-11)5-6-18-13/h1-10,18H. The molecule has 96 valence electrons. The van der Waals surface area contributed by atoms with Gasteiger partial charge in [-0.15, -0.1) is 11.3 Å². The van der Waals surface area contributed by atoms with E-state index < -0.39 is 0 Å². The molecule has 1 N–H and O–H groups in total. The van der Waals surface area contributed by atoms with Crippen LogP contribution in [-0.4, -0.2) is 15.0 Å². The van der Waals surface area contributed by atoms with E-state index >= 15 is 0 Å². The third-order valence-electron chi connectivity index (χ3n) is 3.26. The molecule has 0 fully saturated rings. The van der Waals surface area contributed by atoms with E-state index in [9.17, 15) is 0 Å². The van der Waals surface area contributed by atoms with Crippen molar-refractivity contribution in [2.45, 2.75) is 0 Å². The van der Waals surface area contributed by atoms with Crippen molar-refractivity contribution in [3.8, 4) is 21.8 Å². The molecule has 4 aromatic rings. The van der Waals surface area contributed by atoms with Crippen LogP contribution in [0.2, 0.25) is 0 Å². The Balaban J connectivity index is 1.83. The number of fused-ring (bicyclic) bond motifs is 1. The van der Waals surface area contributed by atoms with Gasteiger partial charge in [0, 0.05) is 22.7 Å². The first kappa shape index (κ1) is 11.4. The summed E-state index contributed by atoms with van der Waals surface area (Å²) in [4.78, 5) is 13.4. The van der Waals surface area contributed by atoms with Gasteiger partial charge in [-0.1, -0.05) is 12.1 Å². The molecule has 0 saturated carbocycles. The molecule has 3 heterocycles. The van der Waals surface area contributed by atoms with Gasteiger partial charge >= 0.3 is 0 Å². The predicted molar refractivity (Wildman–Crippen MR) is 82.6 cm³/mol. The van der Waals surface area contributed by atoms with Gasteiger partial charge in [-0.2, -0.15) is 0 Å². The topological polar surface area (TPSA) is 41.6 Å². The maximum absolute atomic E-state index is 4.71. The first-order valence-corrected chi connectivity index (χ1v) is 7.21. The Labute approximate surface area is 120 Å². The lowest BCUT2D eigenvalue weighted by Gasteiger charge is -2.03. The normalized spacial score (nSPS) is 11.0. The van der Waals surface area contributed by atoms with Gasteiger partial charge in [-0.05, 0) is 29.6 Å². The molecule has 0 atom stereocenters. The average molecular weight is 277 g/mol. The second-order valence-electron chi connectivity index (χ2n) is 4.55. The number of aromatic nitrogens is 3. The molecule has 0 radical (unpaired) electrons. The van der Waals surface area contributed by atoms with Gasteiger partial charge in [-0.25, -0.2) is 4.98 Å². The van der Waals surface area contributed by atoms with E-state index in [1.54, 1.807) is 11.3 Å². The Bertz CT molecular complexity index is 862. The minimum Gasteiger partial charge on any atom is -0.361 e. The van der Waals surface area contributed by atoms with Crippen LogP contribution in [0, 0.1) is 0 Å². The average Bonchev–Trinajstić information content (AvgIpc) is 3.18. The molecule has 0 aliphatic rings. The Morgan fingerprint density at radius 3 is 2.85 bits per heavy atom. The molecule has 0 bridgehead atoms. The summed E-state index contributed by atoms with van der Waals surface area (Å²) in [7, 11) is 0. The van der Waals surface area contributed by atoms with E-state index in [1.165, 1.54) is 5.39 Å². The van der Waals surface area contributed by atoms with Crippen LogP contribution in [-0.2, 0) is 0 Å². The van der Waals surface area contributed by atoms with Gasteiger partial charge in [0.05, 0.1) is 28.7 Å². The quantitative estimate of drug-likeness (QED) is 0.591. The SMILES string of the molecule is c1csc(-c2cncc(-c3ccc4[nH]ccc4c3)n2)c1. The predicted octanol–water partition coefficient (Wildman–Crippen LogP) is 4.35. The van der Waals surface area contributed by atoms with Crippen LogP contribution in [0.1, 0.15) is 0 Å². The van der Waals surface area contributed by atoms with Crippen LogP contribution in [0.3, 0.4) is 0 Å². The highest BCUT2D eigenvalue weighted by Crippen LogP contribution is 2.26. The lowest BCUT2D eigenvalue weighted by Crippen LogP contribution is -1.88. The monoisotopic (exact) mass is 277 g/mol. The molecule has 0 spiro atoms. The number of nitrogens with zero attached hydrogens (tertiary/aromatic N) is 2. The van der Waals surface area contributed by atoms with Crippen molar-refractivity contribution in [3.63, 3.8) is 0 Å². The summed E-state index contributed by atoms with van der Waals surface area (Å²) in [6, 6.07) is 12.4. The van der Waals surface area contributed by atoms with Crippen LogP contribution in [0.25, 0.3) is 32.7 Å². The van der Waals surface area contributed by atoms with Crippen molar-refractivity contribution in [2.75, 3.05) is 0 Å². The number of hydrogen-bond acceptors (Lipinski definition) is 3.